The summed E-state index contributed by atoms with van der Waals surface area (Å²) in [5.74, 6) is 0.170. The first kappa shape index (κ1) is 11.3. The molecular weight excluding hydrogens is 293 g/mol. The van der Waals surface area contributed by atoms with Crippen LogP contribution in [0.5, 0.6) is 5.75 Å². The Morgan fingerprint density at radius 1 is 1.50 bits per heavy atom. The number of hydrogen-bond donors (Lipinski definition) is 1. The largest absolute Gasteiger partial charge is 0.493 e. The molecule has 1 aromatic rings. The summed E-state index contributed by atoms with van der Waals surface area (Å²) in [4.78, 5) is 10.7. The molecule has 1 rings (SSSR count). The van der Waals surface area contributed by atoms with Crippen molar-refractivity contribution in [1.82, 2.24) is 0 Å². The van der Waals surface area contributed by atoms with E-state index in [-0.39, 0.29) is 11.8 Å². The van der Waals surface area contributed by atoms with Crippen molar-refractivity contribution in [3.8, 4) is 5.75 Å². The standard InChI is InChI=1S/C10H12INO2/c1-7(10(12)13)6-14-9-4-2-8(11)3-5-9/h2-5,7H,6H2,1H3,(H2,12,13). The molecule has 0 saturated carbocycles. The van der Waals surface area contributed by atoms with Crippen molar-refractivity contribution < 1.29 is 9.53 Å². The van der Waals surface area contributed by atoms with Gasteiger partial charge in [-0.05, 0) is 46.9 Å². The molecule has 0 fully saturated rings. The Morgan fingerprint density at radius 2 is 2.07 bits per heavy atom. The summed E-state index contributed by atoms with van der Waals surface area (Å²) in [7, 11) is 0. The second-order valence-electron chi connectivity index (χ2n) is 3.07. The third kappa shape index (κ3) is 3.53. The van der Waals surface area contributed by atoms with Gasteiger partial charge in [-0.3, -0.25) is 4.79 Å². The fraction of sp³-hybridized carbons (Fsp3) is 0.300. The van der Waals surface area contributed by atoms with Crippen LogP contribution in [0.15, 0.2) is 24.3 Å². The highest BCUT2D eigenvalue weighted by atomic mass is 127. The van der Waals surface area contributed by atoms with Crippen molar-refractivity contribution in [2.75, 3.05) is 6.61 Å². The zero-order chi connectivity index (χ0) is 10.6. The number of carbonyl (C=O) groups excluding carboxylic acids is 1. The summed E-state index contributed by atoms with van der Waals surface area (Å²) in [6, 6.07) is 7.64. The Bertz CT molecular complexity index is 310. The number of rotatable bonds is 4. The van der Waals surface area contributed by atoms with E-state index in [0.29, 0.717) is 6.61 Å². The zero-order valence-corrected chi connectivity index (χ0v) is 10.0. The van der Waals surface area contributed by atoms with Crippen LogP contribution in [0.1, 0.15) is 6.92 Å². The number of benzene rings is 1. The molecule has 0 heterocycles. The third-order valence-corrected chi connectivity index (χ3v) is 2.52. The van der Waals surface area contributed by atoms with Gasteiger partial charge < -0.3 is 10.5 Å². The van der Waals surface area contributed by atoms with Gasteiger partial charge in [0, 0.05) is 3.57 Å². The highest BCUT2D eigenvalue weighted by molar-refractivity contribution is 14.1. The van der Waals surface area contributed by atoms with Crippen molar-refractivity contribution in [3.63, 3.8) is 0 Å². The van der Waals surface area contributed by atoms with Gasteiger partial charge >= 0.3 is 0 Å². The van der Waals surface area contributed by atoms with E-state index in [2.05, 4.69) is 22.6 Å². The van der Waals surface area contributed by atoms with E-state index in [0.717, 1.165) is 9.32 Å². The second-order valence-corrected chi connectivity index (χ2v) is 4.31. The first-order valence-corrected chi connectivity index (χ1v) is 5.35. The minimum absolute atomic E-state index is 0.255. The third-order valence-electron chi connectivity index (χ3n) is 1.80. The van der Waals surface area contributed by atoms with E-state index in [1.54, 1.807) is 6.92 Å². The Morgan fingerprint density at radius 3 is 2.57 bits per heavy atom. The molecular formula is C10H12INO2. The van der Waals surface area contributed by atoms with Crippen LogP contribution in [-0.4, -0.2) is 12.5 Å². The molecule has 1 aromatic carbocycles. The molecule has 0 aromatic heterocycles. The van der Waals surface area contributed by atoms with Gasteiger partial charge in [0.05, 0.1) is 12.5 Å². The lowest BCUT2D eigenvalue weighted by molar-refractivity contribution is -0.122. The number of carbonyl (C=O) groups is 1. The monoisotopic (exact) mass is 305 g/mol. The van der Waals surface area contributed by atoms with Gasteiger partial charge in [0.2, 0.25) is 5.91 Å². The summed E-state index contributed by atoms with van der Waals surface area (Å²) < 4.78 is 6.53. The van der Waals surface area contributed by atoms with E-state index in [9.17, 15) is 4.79 Å². The lowest BCUT2D eigenvalue weighted by Crippen LogP contribution is -2.25. The molecule has 0 aliphatic rings. The van der Waals surface area contributed by atoms with E-state index in [1.807, 2.05) is 24.3 Å². The van der Waals surface area contributed by atoms with Crippen LogP contribution in [-0.2, 0) is 4.79 Å². The van der Waals surface area contributed by atoms with Crippen LogP contribution in [0.3, 0.4) is 0 Å². The summed E-state index contributed by atoms with van der Waals surface area (Å²) in [5, 5.41) is 0. The van der Waals surface area contributed by atoms with Crippen LogP contribution in [0.2, 0.25) is 0 Å². The predicted molar refractivity (Wildman–Crippen MR) is 63.0 cm³/mol. The number of halogens is 1. The molecule has 14 heavy (non-hydrogen) atoms. The zero-order valence-electron chi connectivity index (χ0n) is 7.87. The summed E-state index contributed by atoms with van der Waals surface area (Å²) in [6.07, 6.45) is 0. The maximum absolute atomic E-state index is 10.7. The normalized spacial score (nSPS) is 12.1. The quantitative estimate of drug-likeness (QED) is 0.862. The minimum atomic E-state index is -0.337. The van der Waals surface area contributed by atoms with Crippen LogP contribution < -0.4 is 10.5 Å². The van der Waals surface area contributed by atoms with Gasteiger partial charge in [0.1, 0.15) is 5.75 Å². The lowest BCUT2D eigenvalue weighted by atomic mass is 10.2. The van der Waals surface area contributed by atoms with E-state index in [4.69, 9.17) is 10.5 Å². The van der Waals surface area contributed by atoms with Gasteiger partial charge in [-0.15, -0.1) is 0 Å². The van der Waals surface area contributed by atoms with Crippen LogP contribution in [0.4, 0.5) is 0 Å². The summed E-state index contributed by atoms with van der Waals surface area (Å²) >= 11 is 2.22. The fourth-order valence-electron chi connectivity index (χ4n) is 0.834. The highest BCUT2D eigenvalue weighted by Gasteiger charge is 2.08. The first-order chi connectivity index (χ1) is 6.59. The second kappa shape index (κ2) is 5.19. The molecule has 0 radical (unpaired) electrons. The first-order valence-electron chi connectivity index (χ1n) is 4.27. The van der Waals surface area contributed by atoms with E-state index in [1.165, 1.54) is 0 Å². The molecule has 1 amide bonds. The molecule has 1 unspecified atom stereocenters. The van der Waals surface area contributed by atoms with Gasteiger partial charge in [0.25, 0.3) is 0 Å². The van der Waals surface area contributed by atoms with Crippen molar-refractivity contribution >= 4 is 28.5 Å². The molecule has 4 heteroatoms. The van der Waals surface area contributed by atoms with Crippen LogP contribution in [0, 0.1) is 9.49 Å². The van der Waals surface area contributed by atoms with Crippen molar-refractivity contribution in [2.45, 2.75) is 6.92 Å². The van der Waals surface area contributed by atoms with Gasteiger partial charge in [-0.1, -0.05) is 6.92 Å². The van der Waals surface area contributed by atoms with Crippen molar-refractivity contribution in [3.05, 3.63) is 27.8 Å². The molecule has 1 atom stereocenters. The number of hydrogen-bond acceptors (Lipinski definition) is 2. The van der Waals surface area contributed by atoms with Crippen LogP contribution in [0.25, 0.3) is 0 Å². The maximum atomic E-state index is 10.7. The van der Waals surface area contributed by atoms with Crippen LogP contribution >= 0.6 is 22.6 Å². The topological polar surface area (TPSA) is 52.3 Å². The van der Waals surface area contributed by atoms with Gasteiger partial charge in [0.15, 0.2) is 0 Å². The van der Waals surface area contributed by atoms with Gasteiger partial charge in [-0.25, -0.2) is 0 Å². The molecule has 0 spiro atoms. The molecule has 0 aliphatic heterocycles. The Balaban J connectivity index is 2.46. The summed E-state index contributed by atoms with van der Waals surface area (Å²) in [6.45, 7) is 2.07. The number of amides is 1. The maximum Gasteiger partial charge on any atom is 0.223 e. The number of nitrogens with two attached hydrogens (primary N) is 1. The molecule has 2 N–H and O–H groups in total. The Labute approximate surface area is 96.8 Å². The Kier molecular flexibility index (Phi) is 4.19. The molecule has 0 saturated heterocycles. The Hall–Kier alpha value is -0.780. The smallest absolute Gasteiger partial charge is 0.223 e. The van der Waals surface area contributed by atoms with Crippen molar-refractivity contribution in [1.29, 1.82) is 0 Å². The minimum Gasteiger partial charge on any atom is -0.493 e. The van der Waals surface area contributed by atoms with Gasteiger partial charge in [-0.2, -0.15) is 0 Å². The SMILES string of the molecule is CC(COc1ccc(I)cc1)C(N)=O. The average Bonchev–Trinajstić information content (AvgIpc) is 2.16. The summed E-state index contributed by atoms with van der Waals surface area (Å²) in [5.41, 5.74) is 5.10. The molecule has 0 aliphatic carbocycles. The average molecular weight is 305 g/mol. The van der Waals surface area contributed by atoms with Crippen molar-refractivity contribution in [2.24, 2.45) is 11.7 Å². The number of primary amides is 1. The fourth-order valence-corrected chi connectivity index (χ4v) is 1.19. The molecule has 76 valence electrons. The highest BCUT2D eigenvalue weighted by Crippen LogP contribution is 2.14. The lowest BCUT2D eigenvalue weighted by Gasteiger charge is -2.09. The molecule has 3 nitrogen and oxygen atoms in total. The predicted octanol–water partition coefficient (Wildman–Crippen LogP) is 1.79. The van der Waals surface area contributed by atoms with E-state index >= 15 is 0 Å². The van der Waals surface area contributed by atoms with E-state index < -0.39 is 0 Å². The molecule has 0 bridgehead atoms. The number of ether oxygens (including phenoxy) is 1.